The number of benzene rings is 1. The zero-order chi connectivity index (χ0) is 28.1. The molecule has 1 saturated carbocycles. The summed E-state index contributed by atoms with van der Waals surface area (Å²) in [6, 6.07) is 5.71. The lowest BCUT2D eigenvalue weighted by Crippen LogP contribution is -2.51. The number of nitrogens with two attached hydrogens (primary N) is 1. The van der Waals surface area contributed by atoms with Crippen LogP contribution in [0.25, 0.3) is 0 Å². The van der Waals surface area contributed by atoms with Crippen molar-refractivity contribution in [3.63, 3.8) is 0 Å². The summed E-state index contributed by atoms with van der Waals surface area (Å²) in [7, 11) is 1.80. The Morgan fingerprint density at radius 3 is 2.41 bits per heavy atom. The Balaban J connectivity index is 1.20. The summed E-state index contributed by atoms with van der Waals surface area (Å²) < 4.78 is 49.4. The zero-order valence-electron chi connectivity index (χ0n) is 22.3. The summed E-state index contributed by atoms with van der Waals surface area (Å²) in [5.41, 5.74) is 7.15. The topological polar surface area (TPSA) is 103 Å². The van der Waals surface area contributed by atoms with Crippen LogP contribution in [0.4, 0.5) is 13.2 Å². The van der Waals surface area contributed by atoms with E-state index in [0.717, 1.165) is 18.8 Å². The van der Waals surface area contributed by atoms with Crippen molar-refractivity contribution in [1.29, 1.82) is 0 Å². The fourth-order valence-corrected chi connectivity index (χ4v) is 6.27. The number of primary amides is 1. The number of aromatic nitrogens is 2. The maximum atomic E-state index is 12.8. The Labute approximate surface area is 225 Å². The molecule has 4 unspecified atom stereocenters. The highest BCUT2D eigenvalue weighted by atomic mass is 19.4. The molecule has 0 bridgehead atoms. The molecule has 12 heteroatoms. The van der Waals surface area contributed by atoms with Crippen molar-refractivity contribution < 1.29 is 32.2 Å². The molecular formula is C27H34F3N5O4. The van der Waals surface area contributed by atoms with E-state index in [-0.39, 0.29) is 36.0 Å². The molecule has 5 rings (SSSR count). The van der Waals surface area contributed by atoms with Crippen LogP contribution in [0.15, 0.2) is 24.3 Å². The number of imidazole rings is 1. The highest BCUT2D eigenvalue weighted by Gasteiger charge is 2.55. The number of hydrogen-bond acceptors (Lipinski definition) is 6. The minimum absolute atomic E-state index is 0.0365. The number of fused-ring (bicyclic) bond motifs is 1. The molecule has 3 fully saturated rings. The first-order valence-electron chi connectivity index (χ1n) is 13.2. The van der Waals surface area contributed by atoms with E-state index in [1.807, 2.05) is 23.3 Å². The van der Waals surface area contributed by atoms with Gasteiger partial charge in [-0.25, -0.2) is 4.98 Å². The summed E-state index contributed by atoms with van der Waals surface area (Å²) in [4.78, 5) is 33.6. The minimum Gasteiger partial charge on any atom is -0.406 e. The Hall–Kier alpha value is -3.12. The van der Waals surface area contributed by atoms with Gasteiger partial charge in [0, 0.05) is 39.6 Å². The molecule has 2 aromatic rings. The number of nitrogens with zero attached hydrogens (tertiary/aromatic N) is 4. The Bertz CT molecular complexity index is 1230. The lowest BCUT2D eigenvalue weighted by molar-refractivity contribution is -0.274. The SMILES string of the molecule is CC1CN(C(=O)CN2CC3C(Cc4c(C(N)=O)nc(Cc5cccc(OC(F)(F)F)c5)n4C)C3C2)CC(C)O1. The predicted molar refractivity (Wildman–Crippen MR) is 135 cm³/mol. The molecule has 2 N–H and O–H groups in total. The van der Waals surface area contributed by atoms with Gasteiger partial charge >= 0.3 is 6.36 Å². The lowest BCUT2D eigenvalue weighted by Gasteiger charge is -2.36. The highest BCUT2D eigenvalue weighted by Crippen LogP contribution is 2.53. The number of hydrogen-bond donors (Lipinski definition) is 1. The third kappa shape index (κ3) is 6.22. The average Bonchev–Trinajstić information content (AvgIpc) is 3.13. The Morgan fingerprint density at radius 2 is 1.79 bits per heavy atom. The standard InChI is InChI=1S/C27H34F3N5O4/c1-15-10-35(11-16(2)38-15)24(36)14-34-12-20-19(21(20)13-34)9-22-25(26(31)37)32-23(33(22)3)8-17-5-4-6-18(7-17)39-27(28,29)30/h4-7,15-16,19-21H,8-14H2,1-3H3,(H2,31,37). The van der Waals surface area contributed by atoms with Crippen molar-refractivity contribution in [1.82, 2.24) is 19.4 Å². The van der Waals surface area contributed by atoms with Crippen molar-refractivity contribution in [3.8, 4) is 5.75 Å². The van der Waals surface area contributed by atoms with Crippen LogP contribution in [0.5, 0.6) is 5.75 Å². The number of piperidine rings is 1. The van der Waals surface area contributed by atoms with Crippen LogP contribution in [0.1, 0.15) is 41.4 Å². The van der Waals surface area contributed by atoms with Crippen LogP contribution in [-0.2, 0) is 29.4 Å². The molecule has 212 valence electrons. The van der Waals surface area contributed by atoms with E-state index >= 15 is 0 Å². The number of rotatable bonds is 8. The number of amides is 2. The molecule has 1 aromatic heterocycles. The van der Waals surface area contributed by atoms with E-state index in [4.69, 9.17) is 10.5 Å². The van der Waals surface area contributed by atoms with E-state index in [1.165, 1.54) is 18.2 Å². The maximum Gasteiger partial charge on any atom is 0.573 e. The Kier molecular flexibility index (Phi) is 7.36. The molecule has 1 aliphatic carbocycles. The van der Waals surface area contributed by atoms with Crippen LogP contribution in [0.2, 0.25) is 0 Å². The molecular weight excluding hydrogens is 515 g/mol. The van der Waals surface area contributed by atoms with Crippen LogP contribution < -0.4 is 10.5 Å². The van der Waals surface area contributed by atoms with Gasteiger partial charge in [-0.2, -0.15) is 0 Å². The number of carbonyl (C=O) groups is 2. The van der Waals surface area contributed by atoms with Crippen molar-refractivity contribution in [2.45, 2.75) is 45.3 Å². The monoisotopic (exact) mass is 549 g/mol. The smallest absolute Gasteiger partial charge is 0.406 e. The summed E-state index contributed by atoms with van der Waals surface area (Å²) in [6.45, 7) is 7.26. The van der Waals surface area contributed by atoms with E-state index in [9.17, 15) is 22.8 Å². The highest BCUT2D eigenvalue weighted by molar-refractivity contribution is 5.92. The van der Waals surface area contributed by atoms with Gasteiger partial charge in [0.2, 0.25) is 5.91 Å². The molecule has 9 nitrogen and oxygen atoms in total. The lowest BCUT2D eigenvalue weighted by atomic mass is 10.1. The van der Waals surface area contributed by atoms with Gasteiger partial charge in [-0.1, -0.05) is 12.1 Å². The molecule has 3 heterocycles. The van der Waals surface area contributed by atoms with Crippen LogP contribution in [-0.4, -0.2) is 82.5 Å². The quantitative estimate of drug-likeness (QED) is 0.543. The fraction of sp³-hybridized carbons (Fsp3) is 0.593. The first kappa shape index (κ1) is 27.4. The Morgan fingerprint density at radius 1 is 1.13 bits per heavy atom. The van der Waals surface area contributed by atoms with E-state index < -0.39 is 12.3 Å². The third-order valence-electron chi connectivity index (χ3n) is 8.04. The molecule has 2 aliphatic heterocycles. The van der Waals surface area contributed by atoms with Crippen molar-refractivity contribution in [3.05, 3.63) is 47.0 Å². The molecule has 0 radical (unpaired) electrons. The van der Waals surface area contributed by atoms with Crippen LogP contribution in [0.3, 0.4) is 0 Å². The molecule has 2 saturated heterocycles. The normalized spacial score (nSPS) is 26.9. The van der Waals surface area contributed by atoms with Crippen LogP contribution >= 0.6 is 0 Å². The number of likely N-dealkylation sites (tertiary alicyclic amines) is 1. The van der Waals surface area contributed by atoms with Gasteiger partial charge in [0.15, 0.2) is 0 Å². The molecule has 39 heavy (non-hydrogen) atoms. The van der Waals surface area contributed by atoms with Gasteiger partial charge in [-0.15, -0.1) is 13.2 Å². The van der Waals surface area contributed by atoms with Gasteiger partial charge in [0.25, 0.3) is 5.91 Å². The number of ether oxygens (including phenoxy) is 2. The number of alkyl halides is 3. The largest absolute Gasteiger partial charge is 0.573 e. The van der Waals surface area contributed by atoms with Crippen molar-refractivity contribution >= 4 is 11.8 Å². The van der Waals surface area contributed by atoms with Gasteiger partial charge in [0.1, 0.15) is 17.3 Å². The molecule has 0 spiro atoms. The summed E-state index contributed by atoms with van der Waals surface area (Å²) in [5, 5.41) is 0. The number of morpholine rings is 1. The van der Waals surface area contributed by atoms with Gasteiger partial charge in [-0.3, -0.25) is 14.5 Å². The van der Waals surface area contributed by atoms with Gasteiger partial charge in [-0.05, 0) is 55.7 Å². The van der Waals surface area contributed by atoms with E-state index in [0.29, 0.717) is 55.2 Å². The zero-order valence-corrected chi connectivity index (χ0v) is 22.3. The van der Waals surface area contributed by atoms with Gasteiger partial charge < -0.3 is 24.7 Å². The van der Waals surface area contributed by atoms with E-state index in [1.54, 1.807) is 13.1 Å². The average molecular weight is 550 g/mol. The number of carbonyl (C=O) groups excluding carboxylic acids is 2. The predicted octanol–water partition coefficient (Wildman–Crippen LogP) is 2.36. The number of halogens is 3. The summed E-state index contributed by atoms with van der Waals surface area (Å²) in [6.07, 6.45) is -3.85. The minimum atomic E-state index is -4.78. The summed E-state index contributed by atoms with van der Waals surface area (Å²) in [5.74, 6) is 0.974. The second kappa shape index (κ2) is 10.5. The van der Waals surface area contributed by atoms with Crippen LogP contribution in [0, 0.1) is 17.8 Å². The third-order valence-corrected chi connectivity index (χ3v) is 8.04. The van der Waals surface area contributed by atoms with Gasteiger partial charge in [0.05, 0.1) is 24.4 Å². The van der Waals surface area contributed by atoms with Crippen molar-refractivity contribution in [2.24, 2.45) is 30.5 Å². The molecule has 2 amide bonds. The van der Waals surface area contributed by atoms with E-state index in [2.05, 4.69) is 14.6 Å². The second-order valence-electron chi connectivity index (χ2n) is 11.1. The first-order chi connectivity index (χ1) is 18.4. The summed E-state index contributed by atoms with van der Waals surface area (Å²) >= 11 is 0. The maximum absolute atomic E-state index is 12.8. The van der Waals surface area contributed by atoms with Crippen molar-refractivity contribution in [2.75, 3.05) is 32.7 Å². The first-order valence-corrected chi connectivity index (χ1v) is 13.2. The molecule has 3 aliphatic rings. The second-order valence-corrected chi connectivity index (χ2v) is 11.1. The fourth-order valence-electron chi connectivity index (χ4n) is 6.27. The molecule has 4 atom stereocenters. The molecule has 1 aromatic carbocycles.